The van der Waals surface area contributed by atoms with Crippen molar-refractivity contribution in [2.75, 3.05) is 13.2 Å². The van der Waals surface area contributed by atoms with E-state index in [1.807, 2.05) is 26.0 Å². The second-order valence-electron chi connectivity index (χ2n) is 9.32. The van der Waals surface area contributed by atoms with Crippen LogP contribution in [0.1, 0.15) is 49.9 Å². The van der Waals surface area contributed by atoms with Crippen molar-refractivity contribution in [3.63, 3.8) is 0 Å². The Kier molecular flexibility index (Phi) is 8.09. The smallest absolute Gasteiger partial charge is 0.258 e. The largest absolute Gasteiger partial charge is 0.490 e. The summed E-state index contributed by atoms with van der Waals surface area (Å²) in [4.78, 5) is 1.08. The van der Waals surface area contributed by atoms with E-state index in [9.17, 15) is 5.11 Å². The minimum Gasteiger partial charge on any atom is -0.490 e. The van der Waals surface area contributed by atoms with Crippen LogP contribution >= 0.6 is 11.3 Å². The number of nitrogens with zero attached hydrogens (tertiary/aromatic N) is 2. The molecule has 7 heteroatoms. The molecule has 3 N–H and O–H groups in total. The second-order valence-corrected chi connectivity index (χ2v) is 10.2. The highest BCUT2D eigenvalue weighted by molar-refractivity contribution is 7.13. The Hall–Kier alpha value is -2.22. The first-order valence-electron chi connectivity index (χ1n) is 11.2. The van der Waals surface area contributed by atoms with Gasteiger partial charge in [-0.3, -0.25) is 0 Å². The van der Waals surface area contributed by atoms with Crippen LogP contribution in [0.3, 0.4) is 0 Å². The molecule has 0 spiro atoms. The van der Waals surface area contributed by atoms with Gasteiger partial charge in [-0.1, -0.05) is 27.7 Å². The molecule has 1 atom stereocenters. The Bertz CT molecular complexity index is 1020. The molecule has 0 bridgehead atoms. The molecule has 1 aromatic carbocycles. The summed E-state index contributed by atoms with van der Waals surface area (Å²) in [6, 6.07) is 3.95. The van der Waals surface area contributed by atoms with Gasteiger partial charge in [-0.2, -0.15) is 0 Å². The molecule has 3 aromatic rings. The molecular weight excluding hydrogens is 422 g/mol. The summed E-state index contributed by atoms with van der Waals surface area (Å²) in [6.07, 6.45) is 1.37. The number of aromatic nitrogens is 2. The fourth-order valence-corrected chi connectivity index (χ4v) is 4.86. The van der Waals surface area contributed by atoms with E-state index in [1.54, 1.807) is 11.3 Å². The van der Waals surface area contributed by atoms with Gasteiger partial charge < -0.3 is 20.0 Å². The number of aliphatic hydroxyl groups excluding tert-OH is 1. The Balaban J connectivity index is 1.90. The number of benzene rings is 1. The Morgan fingerprint density at radius 1 is 1.03 bits per heavy atom. The fraction of sp³-hybridized carbons (Fsp3) is 0.520. The van der Waals surface area contributed by atoms with Crippen LogP contribution in [-0.2, 0) is 12.8 Å². The first-order chi connectivity index (χ1) is 15.2. The Morgan fingerprint density at radius 2 is 1.66 bits per heavy atom. The van der Waals surface area contributed by atoms with Crippen LogP contribution in [0.25, 0.3) is 22.2 Å². The highest BCUT2D eigenvalue weighted by atomic mass is 32.1. The van der Waals surface area contributed by atoms with Crippen LogP contribution in [0, 0.1) is 25.7 Å². The molecule has 3 rings (SSSR count). The molecule has 0 saturated carbocycles. The molecule has 2 aromatic heterocycles. The van der Waals surface area contributed by atoms with Crippen LogP contribution in [-0.4, -0.2) is 34.6 Å². The van der Waals surface area contributed by atoms with Crippen LogP contribution in [0.5, 0.6) is 5.75 Å². The van der Waals surface area contributed by atoms with Crippen molar-refractivity contribution < 1.29 is 14.3 Å². The molecule has 0 radical (unpaired) electrons. The van der Waals surface area contributed by atoms with Crippen LogP contribution in [0.2, 0.25) is 0 Å². The van der Waals surface area contributed by atoms with Gasteiger partial charge in [0, 0.05) is 12.1 Å². The maximum atomic E-state index is 9.69. The zero-order valence-electron chi connectivity index (χ0n) is 19.9. The number of hydrogen-bond acceptors (Lipinski definition) is 7. The van der Waals surface area contributed by atoms with Gasteiger partial charge in [0.1, 0.15) is 18.5 Å². The number of ether oxygens (including phenoxy) is 1. The third kappa shape index (κ3) is 5.77. The number of hydrogen-bond donors (Lipinski definition) is 2. The van der Waals surface area contributed by atoms with Crippen LogP contribution in [0.4, 0.5) is 0 Å². The summed E-state index contributed by atoms with van der Waals surface area (Å²) < 4.78 is 11.9. The molecule has 1 unspecified atom stereocenters. The molecule has 0 fully saturated rings. The van der Waals surface area contributed by atoms with E-state index in [1.165, 1.54) is 11.1 Å². The van der Waals surface area contributed by atoms with Gasteiger partial charge in [0.2, 0.25) is 5.89 Å². The van der Waals surface area contributed by atoms with Gasteiger partial charge in [0.15, 0.2) is 0 Å². The molecule has 32 heavy (non-hydrogen) atoms. The lowest BCUT2D eigenvalue weighted by atomic mass is 9.95. The zero-order valence-corrected chi connectivity index (χ0v) is 20.8. The normalized spacial score (nSPS) is 12.7. The minimum atomic E-state index is -0.682. The fourth-order valence-electron chi connectivity index (χ4n) is 3.82. The summed E-state index contributed by atoms with van der Waals surface area (Å²) in [7, 11) is 0. The minimum absolute atomic E-state index is 0.165. The lowest BCUT2D eigenvalue weighted by Crippen LogP contribution is -2.26. The number of thiophene rings is 1. The third-order valence-electron chi connectivity index (χ3n) is 5.24. The average Bonchev–Trinajstić information content (AvgIpc) is 3.34. The maximum Gasteiger partial charge on any atom is 0.258 e. The molecule has 0 aliphatic carbocycles. The van der Waals surface area contributed by atoms with E-state index >= 15 is 0 Å². The van der Waals surface area contributed by atoms with Gasteiger partial charge in [0.25, 0.3) is 5.89 Å². The van der Waals surface area contributed by atoms with Crippen molar-refractivity contribution in [1.82, 2.24) is 10.2 Å². The molecule has 0 amide bonds. The van der Waals surface area contributed by atoms with Crippen molar-refractivity contribution in [2.45, 2.75) is 60.5 Å². The summed E-state index contributed by atoms with van der Waals surface area (Å²) in [5.74, 6) is 2.97. The monoisotopic (exact) mass is 457 g/mol. The lowest BCUT2D eigenvalue weighted by Gasteiger charge is -2.15. The third-order valence-corrected chi connectivity index (χ3v) is 6.30. The lowest BCUT2D eigenvalue weighted by molar-refractivity contribution is 0.113. The standard InChI is InChI=1S/C25H35N3O3S/c1-14(2)7-19-13-32-23(21(19)8-15(3)4)25-28-27-24(31-25)18-9-16(5)22(17(6)10-18)30-12-20(29)11-26/h9-10,13-15,20,29H,7-8,11-12,26H2,1-6H3. The summed E-state index contributed by atoms with van der Waals surface area (Å²) in [5, 5.41) is 20.7. The summed E-state index contributed by atoms with van der Waals surface area (Å²) >= 11 is 1.69. The van der Waals surface area contributed by atoms with E-state index in [-0.39, 0.29) is 13.2 Å². The molecule has 2 heterocycles. The van der Waals surface area contributed by atoms with Crippen molar-refractivity contribution in [1.29, 1.82) is 0 Å². The first-order valence-corrected chi connectivity index (χ1v) is 12.1. The molecule has 0 aliphatic heterocycles. The predicted octanol–water partition coefficient (Wildman–Crippen LogP) is 5.18. The van der Waals surface area contributed by atoms with Crippen molar-refractivity contribution >= 4 is 11.3 Å². The van der Waals surface area contributed by atoms with E-state index in [0.29, 0.717) is 23.6 Å². The molecule has 0 aliphatic rings. The van der Waals surface area contributed by atoms with Gasteiger partial charge in [-0.25, -0.2) is 0 Å². The van der Waals surface area contributed by atoms with Gasteiger partial charge in [0.05, 0.1) is 4.88 Å². The van der Waals surface area contributed by atoms with E-state index in [2.05, 4.69) is 43.3 Å². The van der Waals surface area contributed by atoms with E-state index < -0.39 is 6.10 Å². The first kappa shape index (κ1) is 24.4. The quantitative estimate of drug-likeness (QED) is 0.436. The van der Waals surface area contributed by atoms with Crippen molar-refractivity contribution in [3.8, 4) is 28.0 Å². The van der Waals surface area contributed by atoms with E-state index in [4.69, 9.17) is 14.9 Å². The van der Waals surface area contributed by atoms with E-state index in [0.717, 1.165) is 40.2 Å². The number of rotatable bonds is 10. The summed E-state index contributed by atoms with van der Waals surface area (Å²) in [6.45, 7) is 13.2. The number of aliphatic hydroxyl groups is 1. The number of nitrogens with two attached hydrogens (primary N) is 1. The average molecular weight is 458 g/mol. The highest BCUT2D eigenvalue weighted by Crippen LogP contribution is 2.37. The molecule has 6 nitrogen and oxygen atoms in total. The topological polar surface area (TPSA) is 94.4 Å². The molecule has 174 valence electrons. The van der Waals surface area contributed by atoms with Gasteiger partial charge in [-0.05, 0) is 78.3 Å². The Labute approximate surface area is 194 Å². The van der Waals surface area contributed by atoms with Crippen LogP contribution in [0.15, 0.2) is 21.9 Å². The highest BCUT2D eigenvalue weighted by Gasteiger charge is 2.21. The van der Waals surface area contributed by atoms with Crippen LogP contribution < -0.4 is 10.5 Å². The number of aryl methyl sites for hydroxylation is 2. The maximum absolute atomic E-state index is 9.69. The molecular formula is C25H35N3O3S. The predicted molar refractivity (Wildman–Crippen MR) is 130 cm³/mol. The SMILES string of the molecule is Cc1cc(-c2nnc(-c3scc(CC(C)C)c3CC(C)C)o2)cc(C)c1OCC(O)CN. The van der Waals surface area contributed by atoms with Crippen molar-refractivity contribution in [2.24, 2.45) is 17.6 Å². The van der Waals surface area contributed by atoms with Gasteiger partial charge >= 0.3 is 0 Å². The van der Waals surface area contributed by atoms with Gasteiger partial charge in [-0.15, -0.1) is 21.5 Å². The Morgan fingerprint density at radius 3 is 2.25 bits per heavy atom. The molecule has 0 saturated heterocycles. The zero-order chi connectivity index (χ0) is 23.4. The second kappa shape index (κ2) is 10.6. The summed E-state index contributed by atoms with van der Waals surface area (Å²) in [5.41, 5.74) is 10.9. The van der Waals surface area contributed by atoms with Crippen molar-refractivity contribution in [3.05, 3.63) is 39.8 Å².